The fourth-order valence-corrected chi connectivity index (χ4v) is 3.86. The summed E-state index contributed by atoms with van der Waals surface area (Å²) in [5.41, 5.74) is -1.76. The van der Waals surface area contributed by atoms with Crippen LogP contribution in [0.25, 0.3) is 11.1 Å². The lowest BCUT2D eigenvalue weighted by Crippen LogP contribution is -2.33. The molecule has 0 aliphatic carbocycles. The Hall–Kier alpha value is -3.90. The van der Waals surface area contributed by atoms with Crippen LogP contribution in [-0.2, 0) is 11.0 Å². The van der Waals surface area contributed by atoms with E-state index in [0.29, 0.717) is 23.7 Å². The first-order chi connectivity index (χ1) is 18.3. The second-order valence-electron chi connectivity index (χ2n) is 8.82. The predicted octanol–water partition coefficient (Wildman–Crippen LogP) is 5.00. The van der Waals surface area contributed by atoms with Crippen LogP contribution in [0.2, 0.25) is 0 Å². The zero-order valence-corrected chi connectivity index (χ0v) is 23.0. The minimum Gasteiger partial charge on any atom is -0.493 e. The lowest BCUT2D eigenvalue weighted by Gasteiger charge is -2.25. The van der Waals surface area contributed by atoms with E-state index in [1.54, 1.807) is 25.9 Å². The SMILES string of the molecule is CCOc1cc(=O)[nH]cc1-c1ccc(N(C(C)=O)c2ccc(C(F)(F)F)cc2C(=O)NCCN(C)C)c(F)c1.Cl. The van der Waals surface area contributed by atoms with Crippen molar-refractivity contribution in [1.82, 2.24) is 15.2 Å². The van der Waals surface area contributed by atoms with Crippen molar-refractivity contribution in [1.29, 1.82) is 0 Å². The number of halogens is 5. The summed E-state index contributed by atoms with van der Waals surface area (Å²) in [5.74, 6) is -2.26. The number of hydrogen-bond acceptors (Lipinski definition) is 5. The summed E-state index contributed by atoms with van der Waals surface area (Å²) >= 11 is 0. The summed E-state index contributed by atoms with van der Waals surface area (Å²) < 4.78 is 61.4. The molecule has 2 aromatic carbocycles. The van der Waals surface area contributed by atoms with Gasteiger partial charge in [0.1, 0.15) is 11.6 Å². The number of rotatable bonds is 9. The number of anilines is 2. The van der Waals surface area contributed by atoms with E-state index in [1.807, 2.05) is 0 Å². The Morgan fingerprint density at radius 2 is 1.73 bits per heavy atom. The van der Waals surface area contributed by atoms with Gasteiger partial charge in [-0.15, -0.1) is 12.4 Å². The van der Waals surface area contributed by atoms with Crippen LogP contribution in [0.15, 0.2) is 53.5 Å². The van der Waals surface area contributed by atoms with E-state index in [0.717, 1.165) is 30.0 Å². The minimum absolute atomic E-state index is 0. The van der Waals surface area contributed by atoms with Gasteiger partial charge >= 0.3 is 6.18 Å². The third-order valence-corrected chi connectivity index (χ3v) is 5.65. The first-order valence-electron chi connectivity index (χ1n) is 11.9. The highest BCUT2D eigenvalue weighted by Crippen LogP contribution is 2.38. The number of benzene rings is 2. The van der Waals surface area contributed by atoms with Gasteiger partial charge in [-0.1, -0.05) is 6.07 Å². The smallest absolute Gasteiger partial charge is 0.416 e. The third-order valence-electron chi connectivity index (χ3n) is 5.65. The molecule has 0 atom stereocenters. The van der Waals surface area contributed by atoms with E-state index in [-0.39, 0.29) is 42.7 Å². The molecular weight excluding hydrogens is 556 g/mol. The normalized spacial score (nSPS) is 11.1. The third kappa shape index (κ3) is 7.60. The standard InChI is InChI=1S/C27H28F4N4O4.ClH/c1-5-39-24-14-25(37)33-15-20(24)17-6-8-23(21(28)12-17)35(16(2)36)22-9-7-18(27(29,30)31)13-19(22)26(38)32-10-11-34(3)4;/h6-9,12-15H,5,10-11H2,1-4H3,(H,32,38)(H,33,37);1H. The van der Waals surface area contributed by atoms with Gasteiger partial charge in [-0.05, 0) is 56.9 Å². The number of nitrogens with zero attached hydrogens (tertiary/aromatic N) is 2. The van der Waals surface area contributed by atoms with Gasteiger partial charge in [0.2, 0.25) is 5.91 Å². The van der Waals surface area contributed by atoms with E-state index in [1.165, 1.54) is 24.4 Å². The number of alkyl halides is 3. The fraction of sp³-hybridized carbons (Fsp3) is 0.296. The lowest BCUT2D eigenvalue weighted by atomic mass is 10.0. The summed E-state index contributed by atoms with van der Waals surface area (Å²) in [6, 6.07) is 7.37. The van der Waals surface area contributed by atoms with Gasteiger partial charge in [0.25, 0.3) is 11.5 Å². The number of aromatic nitrogens is 1. The second kappa shape index (κ2) is 13.4. The van der Waals surface area contributed by atoms with E-state index in [4.69, 9.17) is 4.74 Å². The number of likely N-dealkylation sites (N-methyl/N-ethyl adjacent to an activating group) is 1. The largest absolute Gasteiger partial charge is 0.493 e. The fourth-order valence-electron chi connectivity index (χ4n) is 3.86. The number of amides is 2. The van der Waals surface area contributed by atoms with Crippen LogP contribution in [0.5, 0.6) is 5.75 Å². The second-order valence-corrected chi connectivity index (χ2v) is 8.82. The molecule has 0 unspecified atom stereocenters. The van der Waals surface area contributed by atoms with Crippen LogP contribution in [0, 0.1) is 5.82 Å². The van der Waals surface area contributed by atoms with Gasteiger partial charge in [0.15, 0.2) is 0 Å². The topological polar surface area (TPSA) is 94.7 Å². The molecule has 0 fully saturated rings. The first-order valence-corrected chi connectivity index (χ1v) is 11.9. The molecule has 1 heterocycles. The number of pyridine rings is 1. The number of carbonyl (C=O) groups is 2. The highest BCUT2D eigenvalue weighted by atomic mass is 35.5. The summed E-state index contributed by atoms with van der Waals surface area (Å²) in [7, 11) is 3.52. The van der Waals surface area contributed by atoms with Crippen molar-refractivity contribution in [3.8, 4) is 16.9 Å². The molecule has 8 nitrogen and oxygen atoms in total. The molecule has 0 spiro atoms. The maximum atomic E-state index is 15.5. The van der Waals surface area contributed by atoms with Crippen molar-refractivity contribution in [3.05, 3.63) is 76.0 Å². The number of carbonyl (C=O) groups excluding carboxylic acids is 2. The van der Waals surface area contributed by atoms with Crippen LogP contribution < -0.4 is 20.5 Å². The van der Waals surface area contributed by atoms with Gasteiger partial charge in [-0.25, -0.2) is 4.39 Å². The van der Waals surface area contributed by atoms with Crippen molar-refractivity contribution in [2.24, 2.45) is 0 Å². The van der Waals surface area contributed by atoms with Gasteiger partial charge < -0.3 is 19.9 Å². The predicted molar refractivity (Wildman–Crippen MR) is 146 cm³/mol. The summed E-state index contributed by atoms with van der Waals surface area (Å²) in [4.78, 5) is 42.5. The van der Waals surface area contributed by atoms with Crippen LogP contribution in [0.3, 0.4) is 0 Å². The van der Waals surface area contributed by atoms with Crippen LogP contribution in [-0.4, -0.2) is 55.5 Å². The van der Waals surface area contributed by atoms with Crippen molar-refractivity contribution in [2.75, 3.05) is 38.7 Å². The Kier molecular flexibility index (Phi) is 10.9. The molecule has 0 bridgehead atoms. The average molecular weight is 585 g/mol. The molecule has 3 rings (SSSR count). The van der Waals surface area contributed by atoms with E-state index < -0.39 is 40.5 Å². The average Bonchev–Trinajstić information content (AvgIpc) is 2.84. The quantitative estimate of drug-likeness (QED) is 0.345. The molecule has 0 aliphatic heterocycles. The summed E-state index contributed by atoms with van der Waals surface area (Å²) in [6.07, 6.45) is -3.39. The number of nitrogens with one attached hydrogen (secondary N) is 2. The number of H-pyrrole nitrogens is 1. The molecule has 2 amide bonds. The van der Waals surface area contributed by atoms with Crippen molar-refractivity contribution >= 4 is 35.6 Å². The molecule has 0 saturated heterocycles. The molecular formula is C27H29ClF4N4O4. The number of ether oxygens (including phenoxy) is 1. The number of hydrogen-bond donors (Lipinski definition) is 2. The Labute approximate surface area is 234 Å². The number of aromatic amines is 1. The van der Waals surface area contributed by atoms with E-state index in [9.17, 15) is 27.6 Å². The van der Waals surface area contributed by atoms with Crippen molar-refractivity contribution in [3.63, 3.8) is 0 Å². The zero-order chi connectivity index (χ0) is 28.9. The van der Waals surface area contributed by atoms with Crippen LogP contribution in [0.4, 0.5) is 28.9 Å². The monoisotopic (exact) mass is 584 g/mol. The molecule has 0 radical (unpaired) electrons. The molecule has 1 aromatic heterocycles. The molecule has 3 aromatic rings. The van der Waals surface area contributed by atoms with Gasteiger partial charge in [-0.3, -0.25) is 19.3 Å². The van der Waals surface area contributed by atoms with Gasteiger partial charge in [0.05, 0.1) is 29.1 Å². The Bertz CT molecular complexity index is 1430. The molecule has 13 heteroatoms. The molecule has 216 valence electrons. The Morgan fingerprint density at radius 3 is 2.30 bits per heavy atom. The molecule has 40 heavy (non-hydrogen) atoms. The first kappa shape index (κ1) is 32.3. The molecule has 2 N–H and O–H groups in total. The van der Waals surface area contributed by atoms with E-state index >= 15 is 4.39 Å². The van der Waals surface area contributed by atoms with Gasteiger partial charge in [0, 0.05) is 37.8 Å². The lowest BCUT2D eigenvalue weighted by molar-refractivity contribution is -0.137. The maximum Gasteiger partial charge on any atom is 0.416 e. The minimum atomic E-state index is -4.75. The molecule has 0 aliphatic rings. The van der Waals surface area contributed by atoms with Gasteiger partial charge in [-0.2, -0.15) is 13.2 Å². The zero-order valence-electron chi connectivity index (χ0n) is 22.2. The maximum absolute atomic E-state index is 15.5. The van der Waals surface area contributed by atoms with Crippen molar-refractivity contribution in [2.45, 2.75) is 20.0 Å². The van der Waals surface area contributed by atoms with E-state index in [2.05, 4.69) is 10.3 Å². The summed E-state index contributed by atoms with van der Waals surface area (Å²) in [6.45, 7) is 3.63. The Balaban J connectivity index is 0.00000560. The summed E-state index contributed by atoms with van der Waals surface area (Å²) in [5, 5.41) is 2.54. The van der Waals surface area contributed by atoms with Crippen molar-refractivity contribution < 1.29 is 31.9 Å². The van der Waals surface area contributed by atoms with Crippen LogP contribution in [0.1, 0.15) is 29.8 Å². The van der Waals surface area contributed by atoms with Crippen LogP contribution >= 0.6 is 12.4 Å². The Morgan fingerprint density at radius 1 is 1.05 bits per heavy atom. The highest BCUT2D eigenvalue weighted by Gasteiger charge is 2.33. The highest BCUT2D eigenvalue weighted by molar-refractivity contribution is 6.08. The molecule has 0 saturated carbocycles.